The molecule has 8 heteroatoms. The van der Waals surface area contributed by atoms with Crippen LogP contribution in [0.5, 0.6) is 5.75 Å². The van der Waals surface area contributed by atoms with Crippen molar-refractivity contribution in [3.63, 3.8) is 0 Å². The SMILES string of the molecule is N#Cc1ccc2c(COc3ccc4c(c3)C(CNS(=O)(=O)Cc3cccc(C(=O)O)c3)CCC4)cccc2c1. The number of benzene rings is 4. The molecule has 0 radical (unpaired) electrons. The van der Waals surface area contributed by atoms with Crippen LogP contribution < -0.4 is 9.46 Å². The van der Waals surface area contributed by atoms with Gasteiger partial charge in [0, 0.05) is 6.54 Å². The predicted molar refractivity (Wildman–Crippen MR) is 149 cm³/mol. The molecular formula is C31H28N2O5S. The number of nitrogens with zero attached hydrogens (tertiary/aromatic N) is 1. The molecule has 1 aliphatic carbocycles. The molecule has 0 fully saturated rings. The Morgan fingerprint density at radius 1 is 1.05 bits per heavy atom. The van der Waals surface area contributed by atoms with E-state index in [1.54, 1.807) is 18.2 Å². The number of fused-ring (bicyclic) bond motifs is 2. The summed E-state index contributed by atoms with van der Waals surface area (Å²) >= 11 is 0. The van der Waals surface area contributed by atoms with E-state index in [0.29, 0.717) is 17.7 Å². The van der Waals surface area contributed by atoms with Crippen molar-refractivity contribution in [1.29, 1.82) is 5.26 Å². The van der Waals surface area contributed by atoms with Crippen molar-refractivity contribution in [3.8, 4) is 11.8 Å². The van der Waals surface area contributed by atoms with Gasteiger partial charge in [-0.1, -0.05) is 42.5 Å². The lowest BCUT2D eigenvalue weighted by Crippen LogP contribution is -2.31. The van der Waals surface area contributed by atoms with Crippen LogP contribution in [-0.2, 0) is 28.8 Å². The third-order valence-electron chi connectivity index (χ3n) is 7.13. The third kappa shape index (κ3) is 6.28. The van der Waals surface area contributed by atoms with Gasteiger partial charge in [-0.25, -0.2) is 17.9 Å². The Bertz CT molecular complexity index is 1690. The summed E-state index contributed by atoms with van der Waals surface area (Å²) in [5, 5.41) is 20.4. The van der Waals surface area contributed by atoms with Crippen molar-refractivity contribution < 1.29 is 23.1 Å². The zero-order valence-corrected chi connectivity index (χ0v) is 22.1. The monoisotopic (exact) mass is 540 g/mol. The zero-order valence-electron chi connectivity index (χ0n) is 21.3. The topological polar surface area (TPSA) is 116 Å². The zero-order chi connectivity index (χ0) is 27.4. The van der Waals surface area contributed by atoms with Gasteiger partial charge in [-0.2, -0.15) is 5.26 Å². The number of hydrogen-bond donors (Lipinski definition) is 2. The molecule has 2 N–H and O–H groups in total. The van der Waals surface area contributed by atoms with Crippen LogP contribution in [0.25, 0.3) is 10.8 Å². The number of carboxylic acids is 1. The summed E-state index contributed by atoms with van der Waals surface area (Å²) in [6.07, 6.45) is 2.77. The summed E-state index contributed by atoms with van der Waals surface area (Å²) < 4.78 is 34.5. The van der Waals surface area contributed by atoms with Gasteiger partial charge in [0.25, 0.3) is 0 Å². The lowest BCUT2D eigenvalue weighted by Gasteiger charge is -2.26. The van der Waals surface area contributed by atoms with Crippen LogP contribution in [0.3, 0.4) is 0 Å². The molecule has 1 unspecified atom stereocenters. The number of carbonyl (C=O) groups is 1. The lowest BCUT2D eigenvalue weighted by molar-refractivity contribution is 0.0696. The maximum Gasteiger partial charge on any atom is 0.335 e. The smallest absolute Gasteiger partial charge is 0.335 e. The molecule has 0 saturated carbocycles. The summed E-state index contributed by atoms with van der Waals surface area (Å²) in [5.41, 5.74) is 4.41. The van der Waals surface area contributed by atoms with Gasteiger partial charge in [0.05, 0.1) is 22.9 Å². The minimum atomic E-state index is -3.66. The van der Waals surface area contributed by atoms with Crippen molar-refractivity contribution in [3.05, 3.63) is 112 Å². The molecule has 0 amide bonds. The Labute approximate surface area is 227 Å². The summed E-state index contributed by atoms with van der Waals surface area (Å²) in [5.74, 6) is -0.635. The Morgan fingerprint density at radius 3 is 2.72 bits per heavy atom. The molecular weight excluding hydrogens is 512 g/mol. The molecule has 1 atom stereocenters. The number of sulfonamides is 1. The van der Waals surface area contributed by atoms with E-state index in [1.807, 2.05) is 42.5 Å². The van der Waals surface area contributed by atoms with Gasteiger partial charge in [0.2, 0.25) is 10.0 Å². The highest BCUT2D eigenvalue weighted by atomic mass is 32.2. The molecule has 0 aliphatic heterocycles. The minimum Gasteiger partial charge on any atom is -0.489 e. The number of hydrogen-bond acceptors (Lipinski definition) is 5. The van der Waals surface area contributed by atoms with Gasteiger partial charge in [0.15, 0.2) is 0 Å². The minimum absolute atomic E-state index is 0.0133. The van der Waals surface area contributed by atoms with Crippen LogP contribution in [0.4, 0.5) is 0 Å². The highest BCUT2D eigenvalue weighted by Gasteiger charge is 2.23. The lowest BCUT2D eigenvalue weighted by atomic mass is 9.83. The second-order valence-electron chi connectivity index (χ2n) is 9.82. The van der Waals surface area contributed by atoms with Crippen LogP contribution in [0.2, 0.25) is 0 Å². The Balaban J connectivity index is 1.27. The van der Waals surface area contributed by atoms with Gasteiger partial charge in [-0.3, -0.25) is 0 Å². The van der Waals surface area contributed by atoms with Crippen LogP contribution >= 0.6 is 0 Å². The maximum absolute atomic E-state index is 12.8. The summed E-state index contributed by atoms with van der Waals surface area (Å²) in [6, 6.07) is 25.8. The van der Waals surface area contributed by atoms with E-state index >= 15 is 0 Å². The molecule has 0 spiro atoms. The molecule has 198 valence electrons. The van der Waals surface area contributed by atoms with Gasteiger partial charge in [0.1, 0.15) is 12.4 Å². The number of nitrogens with one attached hydrogen (secondary N) is 1. The first-order chi connectivity index (χ1) is 18.8. The average molecular weight is 541 g/mol. The fourth-order valence-corrected chi connectivity index (χ4v) is 6.35. The van der Waals surface area contributed by atoms with E-state index in [-0.39, 0.29) is 23.8 Å². The standard InChI is InChI=1S/C31H28N2O5S/c32-17-21-10-13-29-24(14-21)6-3-9-27(29)19-38-28-12-11-23-5-2-8-26(30(23)16-28)18-33-39(36,37)20-22-4-1-7-25(15-22)31(34)35/h1,3-4,6-7,9-16,26,33H,2,5,8,18-20H2,(H,34,35). The van der Waals surface area contributed by atoms with E-state index < -0.39 is 16.0 Å². The molecule has 7 nitrogen and oxygen atoms in total. The van der Waals surface area contributed by atoms with E-state index in [0.717, 1.165) is 46.9 Å². The fraction of sp³-hybridized carbons (Fsp3) is 0.226. The van der Waals surface area contributed by atoms with E-state index in [4.69, 9.17) is 4.74 Å². The second-order valence-corrected chi connectivity index (χ2v) is 11.6. The van der Waals surface area contributed by atoms with Crippen LogP contribution in [0.15, 0.2) is 78.9 Å². The first-order valence-corrected chi connectivity index (χ1v) is 14.4. The van der Waals surface area contributed by atoms with Crippen molar-refractivity contribution >= 4 is 26.8 Å². The van der Waals surface area contributed by atoms with Crippen LogP contribution in [-0.4, -0.2) is 26.0 Å². The normalized spacial score (nSPS) is 14.9. The molecule has 0 saturated heterocycles. The number of aryl methyl sites for hydroxylation is 1. The molecule has 5 rings (SSSR count). The number of nitriles is 1. The van der Waals surface area contributed by atoms with E-state index in [1.165, 1.54) is 17.7 Å². The number of ether oxygens (including phenoxy) is 1. The summed E-state index contributed by atoms with van der Waals surface area (Å²) in [4.78, 5) is 11.2. The average Bonchev–Trinajstić information content (AvgIpc) is 2.94. The van der Waals surface area contributed by atoms with E-state index in [2.05, 4.69) is 16.9 Å². The largest absolute Gasteiger partial charge is 0.489 e. The molecule has 4 aromatic carbocycles. The fourth-order valence-electron chi connectivity index (χ4n) is 5.18. The highest BCUT2D eigenvalue weighted by Crippen LogP contribution is 2.34. The Morgan fingerprint density at radius 2 is 1.90 bits per heavy atom. The second kappa shape index (κ2) is 11.3. The molecule has 0 aromatic heterocycles. The Kier molecular flexibility index (Phi) is 7.64. The van der Waals surface area contributed by atoms with Crippen molar-refractivity contribution in [2.24, 2.45) is 0 Å². The summed E-state index contributed by atoms with van der Waals surface area (Å²) in [7, 11) is -3.66. The van der Waals surface area contributed by atoms with Gasteiger partial charge >= 0.3 is 5.97 Å². The van der Waals surface area contributed by atoms with Gasteiger partial charge < -0.3 is 9.84 Å². The highest BCUT2D eigenvalue weighted by molar-refractivity contribution is 7.88. The van der Waals surface area contributed by atoms with Crippen molar-refractivity contribution in [1.82, 2.24) is 4.72 Å². The first kappa shape index (κ1) is 26.4. The van der Waals surface area contributed by atoms with Crippen LogP contribution in [0.1, 0.15) is 56.9 Å². The predicted octanol–water partition coefficient (Wildman–Crippen LogP) is 5.53. The third-order valence-corrected chi connectivity index (χ3v) is 8.45. The number of aromatic carboxylic acids is 1. The molecule has 0 bridgehead atoms. The number of carboxylic acid groups (broad SMARTS) is 1. The Hall–Kier alpha value is -4.19. The van der Waals surface area contributed by atoms with Crippen molar-refractivity contribution in [2.75, 3.05) is 6.54 Å². The molecule has 1 aliphatic rings. The van der Waals surface area contributed by atoms with Gasteiger partial charge in [-0.05, 0) is 94.6 Å². The molecule has 39 heavy (non-hydrogen) atoms. The van der Waals surface area contributed by atoms with Crippen LogP contribution in [0, 0.1) is 11.3 Å². The maximum atomic E-state index is 12.8. The quantitative estimate of drug-likeness (QED) is 0.288. The van der Waals surface area contributed by atoms with E-state index in [9.17, 15) is 23.6 Å². The summed E-state index contributed by atoms with van der Waals surface area (Å²) in [6.45, 7) is 0.636. The van der Waals surface area contributed by atoms with Crippen molar-refractivity contribution in [2.45, 2.75) is 37.5 Å². The molecule has 4 aromatic rings. The van der Waals surface area contributed by atoms with Gasteiger partial charge in [-0.15, -0.1) is 0 Å². The first-order valence-electron chi connectivity index (χ1n) is 12.8. The number of rotatable bonds is 9. The molecule has 0 heterocycles.